The standard InChI is InChI=1S/C14H20N2O4/c1-14(2,9-3-5-10(15)6-4-9)13(20)16-8-7-11(17)12(18)19/h3-6,11,17H,7-8,15H2,1-2H3,(H,16,20)(H,18,19)/t11-/m0/s1. The van der Waals surface area contributed by atoms with Crippen LogP contribution >= 0.6 is 0 Å². The molecule has 110 valence electrons. The summed E-state index contributed by atoms with van der Waals surface area (Å²) in [4.78, 5) is 22.6. The second kappa shape index (κ2) is 6.38. The lowest BCUT2D eigenvalue weighted by Crippen LogP contribution is -2.41. The third kappa shape index (κ3) is 3.96. The molecule has 0 bridgehead atoms. The molecule has 5 N–H and O–H groups in total. The molecule has 0 spiro atoms. The highest BCUT2D eigenvalue weighted by Crippen LogP contribution is 2.24. The van der Waals surface area contributed by atoms with E-state index in [4.69, 9.17) is 15.9 Å². The number of carboxylic acids is 1. The molecule has 0 radical (unpaired) electrons. The van der Waals surface area contributed by atoms with E-state index in [9.17, 15) is 9.59 Å². The van der Waals surface area contributed by atoms with E-state index in [0.717, 1.165) is 5.56 Å². The summed E-state index contributed by atoms with van der Waals surface area (Å²) in [5, 5.41) is 20.3. The summed E-state index contributed by atoms with van der Waals surface area (Å²) in [5.41, 5.74) is 6.27. The Balaban J connectivity index is 2.61. The third-order valence-electron chi connectivity index (χ3n) is 3.19. The number of aliphatic carboxylic acids is 1. The Morgan fingerprint density at radius 1 is 1.30 bits per heavy atom. The van der Waals surface area contributed by atoms with E-state index >= 15 is 0 Å². The van der Waals surface area contributed by atoms with Crippen molar-refractivity contribution in [2.75, 3.05) is 12.3 Å². The number of amides is 1. The molecule has 0 aromatic heterocycles. The highest BCUT2D eigenvalue weighted by Gasteiger charge is 2.29. The van der Waals surface area contributed by atoms with E-state index in [1.54, 1.807) is 38.1 Å². The van der Waals surface area contributed by atoms with Gasteiger partial charge < -0.3 is 21.3 Å². The van der Waals surface area contributed by atoms with Crippen LogP contribution in [0.2, 0.25) is 0 Å². The Labute approximate surface area is 117 Å². The van der Waals surface area contributed by atoms with Crippen molar-refractivity contribution in [3.63, 3.8) is 0 Å². The second-order valence-corrected chi connectivity index (χ2v) is 5.15. The minimum atomic E-state index is -1.46. The van der Waals surface area contributed by atoms with Crippen molar-refractivity contribution in [3.05, 3.63) is 29.8 Å². The summed E-state index contributed by atoms with van der Waals surface area (Å²) >= 11 is 0. The molecule has 0 heterocycles. The van der Waals surface area contributed by atoms with Crippen molar-refractivity contribution in [2.45, 2.75) is 31.8 Å². The van der Waals surface area contributed by atoms with E-state index in [1.807, 2.05) is 0 Å². The Morgan fingerprint density at radius 2 is 1.85 bits per heavy atom. The van der Waals surface area contributed by atoms with Gasteiger partial charge in [0.25, 0.3) is 0 Å². The molecule has 0 unspecified atom stereocenters. The number of rotatable bonds is 6. The minimum Gasteiger partial charge on any atom is -0.479 e. The van der Waals surface area contributed by atoms with Gasteiger partial charge in [0.15, 0.2) is 6.10 Å². The molecule has 0 fully saturated rings. The van der Waals surface area contributed by atoms with Gasteiger partial charge in [-0.15, -0.1) is 0 Å². The summed E-state index contributed by atoms with van der Waals surface area (Å²) in [7, 11) is 0. The first-order chi connectivity index (χ1) is 9.25. The van der Waals surface area contributed by atoms with E-state index < -0.39 is 17.5 Å². The number of anilines is 1. The van der Waals surface area contributed by atoms with Crippen molar-refractivity contribution in [1.29, 1.82) is 0 Å². The summed E-state index contributed by atoms with van der Waals surface area (Å²) in [6, 6.07) is 7.00. The number of nitrogens with two attached hydrogens (primary N) is 1. The quantitative estimate of drug-likeness (QED) is 0.567. The average molecular weight is 280 g/mol. The zero-order valence-corrected chi connectivity index (χ0v) is 11.6. The Bertz CT molecular complexity index is 482. The van der Waals surface area contributed by atoms with Crippen LogP contribution in [0.5, 0.6) is 0 Å². The molecule has 0 saturated heterocycles. The van der Waals surface area contributed by atoms with Gasteiger partial charge in [-0.1, -0.05) is 12.1 Å². The highest BCUT2D eigenvalue weighted by molar-refractivity contribution is 5.87. The fourth-order valence-corrected chi connectivity index (χ4v) is 1.70. The van der Waals surface area contributed by atoms with Crippen LogP contribution in [-0.2, 0) is 15.0 Å². The van der Waals surface area contributed by atoms with Gasteiger partial charge in [-0.05, 0) is 31.5 Å². The van der Waals surface area contributed by atoms with Crippen LogP contribution in [0.15, 0.2) is 24.3 Å². The summed E-state index contributed by atoms with van der Waals surface area (Å²) in [5.74, 6) is -1.53. The fraction of sp³-hybridized carbons (Fsp3) is 0.429. The average Bonchev–Trinajstić information content (AvgIpc) is 2.38. The predicted molar refractivity (Wildman–Crippen MR) is 75.1 cm³/mol. The van der Waals surface area contributed by atoms with E-state index in [-0.39, 0.29) is 18.9 Å². The molecular weight excluding hydrogens is 260 g/mol. The topological polar surface area (TPSA) is 113 Å². The number of hydrogen-bond donors (Lipinski definition) is 4. The number of aliphatic hydroxyl groups is 1. The smallest absolute Gasteiger partial charge is 0.332 e. The molecule has 0 aliphatic heterocycles. The SMILES string of the molecule is CC(C)(C(=O)NCC[C@H](O)C(=O)O)c1ccc(N)cc1. The number of hydrogen-bond acceptors (Lipinski definition) is 4. The van der Waals surface area contributed by atoms with Crippen LogP contribution in [0.4, 0.5) is 5.69 Å². The summed E-state index contributed by atoms with van der Waals surface area (Å²) < 4.78 is 0. The van der Waals surface area contributed by atoms with Crippen LogP contribution in [0, 0.1) is 0 Å². The lowest BCUT2D eigenvalue weighted by atomic mass is 9.83. The van der Waals surface area contributed by atoms with Gasteiger partial charge in [0.05, 0.1) is 5.41 Å². The van der Waals surface area contributed by atoms with Crippen LogP contribution in [-0.4, -0.2) is 34.7 Å². The molecular formula is C14H20N2O4. The van der Waals surface area contributed by atoms with Gasteiger partial charge in [0, 0.05) is 18.7 Å². The van der Waals surface area contributed by atoms with E-state index in [2.05, 4.69) is 5.32 Å². The Hall–Kier alpha value is -2.08. The van der Waals surface area contributed by atoms with Crippen molar-refractivity contribution in [3.8, 4) is 0 Å². The van der Waals surface area contributed by atoms with E-state index in [0.29, 0.717) is 5.69 Å². The lowest BCUT2D eigenvalue weighted by Gasteiger charge is -2.24. The van der Waals surface area contributed by atoms with Crippen LogP contribution in [0.3, 0.4) is 0 Å². The molecule has 0 aliphatic rings. The zero-order chi connectivity index (χ0) is 15.3. The summed E-state index contributed by atoms with van der Waals surface area (Å²) in [6.07, 6.45) is -1.49. The number of carbonyl (C=O) groups is 2. The number of nitrogen functional groups attached to an aromatic ring is 1. The van der Waals surface area contributed by atoms with Gasteiger partial charge in [-0.3, -0.25) is 4.79 Å². The molecule has 1 aromatic rings. The third-order valence-corrected chi connectivity index (χ3v) is 3.19. The van der Waals surface area contributed by atoms with Crippen molar-refractivity contribution in [2.24, 2.45) is 0 Å². The number of benzene rings is 1. The van der Waals surface area contributed by atoms with Crippen LogP contribution in [0.1, 0.15) is 25.8 Å². The molecule has 1 amide bonds. The first-order valence-corrected chi connectivity index (χ1v) is 6.30. The minimum absolute atomic E-state index is 0.0289. The van der Waals surface area contributed by atoms with Gasteiger partial charge in [-0.2, -0.15) is 0 Å². The fourth-order valence-electron chi connectivity index (χ4n) is 1.70. The summed E-state index contributed by atoms with van der Waals surface area (Å²) in [6.45, 7) is 3.63. The monoisotopic (exact) mass is 280 g/mol. The molecule has 1 rings (SSSR count). The van der Waals surface area contributed by atoms with Crippen molar-refractivity contribution >= 4 is 17.6 Å². The molecule has 1 atom stereocenters. The van der Waals surface area contributed by atoms with Gasteiger partial charge in [0.2, 0.25) is 5.91 Å². The number of carbonyl (C=O) groups excluding carboxylic acids is 1. The van der Waals surface area contributed by atoms with E-state index in [1.165, 1.54) is 0 Å². The maximum absolute atomic E-state index is 12.1. The number of carboxylic acid groups (broad SMARTS) is 1. The molecule has 6 nitrogen and oxygen atoms in total. The second-order valence-electron chi connectivity index (χ2n) is 5.15. The molecule has 0 aliphatic carbocycles. The maximum Gasteiger partial charge on any atom is 0.332 e. The lowest BCUT2D eigenvalue weighted by molar-refractivity contribution is -0.147. The molecule has 6 heteroatoms. The van der Waals surface area contributed by atoms with Gasteiger partial charge >= 0.3 is 5.97 Å². The molecule has 20 heavy (non-hydrogen) atoms. The Kier molecular flexibility index (Phi) is 5.10. The first-order valence-electron chi connectivity index (χ1n) is 6.30. The zero-order valence-electron chi connectivity index (χ0n) is 11.6. The highest BCUT2D eigenvalue weighted by atomic mass is 16.4. The molecule has 0 saturated carbocycles. The van der Waals surface area contributed by atoms with Crippen LogP contribution in [0.25, 0.3) is 0 Å². The van der Waals surface area contributed by atoms with Gasteiger partial charge in [-0.25, -0.2) is 4.79 Å². The van der Waals surface area contributed by atoms with Gasteiger partial charge in [0.1, 0.15) is 0 Å². The number of aliphatic hydroxyl groups excluding tert-OH is 1. The predicted octanol–water partition coefficient (Wildman–Crippen LogP) is 0.498. The maximum atomic E-state index is 12.1. The number of nitrogens with one attached hydrogen (secondary N) is 1. The molecule has 1 aromatic carbocycles. The van der Waals surface area contributed by atoms with Crippen molar-refractivity contribution in [1.82, 2.24) is 5.32 Å². The first kappa shape index (κ1) is 16.0. The van der Waals surface area contributed by atoms with Crippen LogP contribution < -0.4 is 11.1 Å². The normalized spacial score (nSPS) is 12.8. The Morgan fingerprint density at radius 3 is 2.35 bits per heavy atom. The van der Waals surface area contributed by atoms with Crippen molar-refractivity contribution < 1.29 is 19.8 Å². The largest absolute Gasteiger partial charge is 0.479 e.